The molecule has 8 heteroatoms. The van der Waals surface area contributed by atoms with Crippen LogP contribution in [0.2, 0.25) is 0 Å². The molecule has 1 aliphatic heterocycles. The number of pyridine rings is 1. The van der Waals surface area contributed by atoms with Crippen LogP contribution in [0.3, 0.4) is 0 Å². The van der Waals surface area contributed by atoms with Crippen molar-refractivity contribution in [3.63, 3.8) is 0 Å². The fourth-order valence-corrected chi connectivity index (χ4v) is 3.56. The number of hydrogen-bond donors (Lipinski definition) is 1. The number of ether oxygens (including phenoxy) is 2. The Morgan fingerprint density at radius 3 is 2.69 bits per heavy atom. The molecular weight excluding hydrogens is 372 g/mol. The first kappa shape index (κ1) is 21.0. The summed E-state index contributed by atoms with van der Waals surface area (Å²) in [6.07, 6.45) is 1.45. The van der Waals surface area contributed by atoms with Gasteiger partial charge in [-0.1, -0.05) is 6.92 Å². The van der Waals surface area contributed by atoms with Crippen LogP contribution in [0.5, 0.6) is 5.75 Å². The first-order valence-corrected chi connectivity index (χ1v) is 10.00. The van der Waals surface area contributed by atoms with Crippen molar-refractivity contribution in [1.29, 1.82) is 0 Å². The van der Waals surface area contributed by atoms with Gasteiger partial charge < -0.3 is 19.7 Å². The lowest BCUT2D eigenvalue weighted by atomic mass is 10.1. The largest absolute Gasteiger partial charge is 0.490 e. The van der Waals surface area contributed by atoms with Gasteiger partial charge in [-0.15, -0.1) is 0 Å². The van der Waals surface area contributed by atoms with E-state index in [4.69, 9.17) is 9.47 Å². The first-order chi connectivity index (χ1) is 13.6. The molecule has 0 saturated carbocycles. The molecule has 0 spiro atoms. The normalized spacial score (nSPS) is 19.4. The highest BCUT2D eigenvalue weighted by Gasteiger charge is 2.36. The number of fused-ring (bicyclic) bond motifs is 1. The molecule has 1 saturated heterocycles. The lowest BCUT2D eigenvalue weighted by Gasteiger charge is -2.24. The van der Waals surface area contributed by atoms with Gasteiger partial charge in [0.2, 0.25) is 0 Å². The van der Waals surface area contributed by atoms with Gasteiger partial charge in [0.1, 0.15) is 11.3 Å². The molecule has 8 nitrogen and oxygen atoms in total. The van der Waals surface area contributed by atoms with Crippen LogP contribution in [0.15, 0.2) is 18.3 Å². The highest BCUT2D eigenvalue weighted by molar-refractivity contribution is 5.95. The average Bonchev–Trinajstić information content (AvgIpc) is 3.14. The van der Waals surface area contributed by atoms with Crippen molar-refractivity contribution >= 4 is 17.6 Å². The summed E-state index contributed by atoms with van der Waals surface area (Å²) in [4.78, 5) is 31.6. The molecule has 2 aromatic rings. The number of rotatable bonds is 4. The second kappa shape index (κ2) is 7.93. The molecular formula is C21H30N4O4. The summed E-state index contributed by atoms with van der Waals surface area (Å²) in [7, 11) is 0. The Labute approximate surface area is 171 Å². The molecule has 3 rings (SSSR count). The van der Waals surface area contributed by atoms with E-state index < -0.39 is 5.60 Å². The second-order valence-corrected chi connectivity index (χ2v) is 8.49. The van der Waals surface area contributed by atoms with Crippen LogP contribution < -0.4 is 10.1 Å². The molecule has 2 aromatic heterocycles. The van der Waals surface area contributed by atoms with Gasteiger partial charge in [-0.05, 0) is 52.7 Å². The first-order valence-electron chi connectivity index (χ1n) is 10.00. The standard InChI is InChI=1S/C21H30N4O4/c1-7-28-16-9-8-10-25-17(14(3)22-18(16)25)19(26)23-15-12-24(11-13(15)2)20(27)29-21(4,5)6/h8-10,13,15H,7,11-12H2,1-6H3,(H,23,26)/t13-,15-/m0/s1. The summed E-state index contributed by atoms with van der Waals surface area (Å²) < 4.78 is 12.8. The number of carbonyl (C=O) groups is 2. The number of nitrogens with one attached hydrogen (secondary N) is 1. The molecule has 29 heavy (non-hydrogen) atoms. The molecule has 3 heterocycles. The topological polar surface area (TPSA) is 85.2 Å². The molecule has 0 unspecified atom stereocenters. The third kappa shape index (κ3) is 4.46. The number of carbonyl (C=O) groups excluding carboxylic acids is 2. The Bertz CT molecular complexity index is 915. The van der Waals surface area contributed by atoms with Crippen LogP contribution in [0, 0.1) is 12.8 Å². The van der Waals surface area contributed by atoms with Crippen molar-refractivity contribution in [1.82, 2.24) is 19.6 Å². The molecule has 0 radical (unpaired) electrons. The van der Waals surface area contributed by atoms with Gasteiger partial charge in [0.15, 0.2) is 11.4 Å². The van der Waals surface area contributed by atoms with Gasteiger partial charge in [-0.25, -0.2) is 9.78 Å². The SMILES string of the molecule is CCOc1cccn2c(C(=O)N[C@H]3CN(C(=O)OC(C)(C)C)C[C@@H]3C)c(C)nc12. The van der Waals surface area contributed by atoms with Crippen LogP contribution in [0.25, 0.3) is 5.65 Å². The number of aryl methyl sites for hydroxylation is 1. The summed E-state index contributed by atoms with van der Waals surface area (Å²) in [5.74, 6) is 0.541. The maximum atomic E-state index is 13.1. The minimum absolute atomic E-state index is 0.116. The zero-order valence-electron chi connectivity index (χ0n) is 18.0. The molecule has 1 fully saturated rings. The van der Waals surface area contributed by atoms with Crippen LogP contribution in [0.1, 0.15) is 50.8 Å². The monoisotopic (exact) mass is 402 g/mol. The highest BCUT2D eigenvalue weighted by Crippen LogP contribution is 2.24. The van der Waals surface area contributed by atoms with Crippen molar-refractivity contribution in [2.45, 2.75) is 53.2 Å². The van der Waals surface area contributed by atoms with E-state index in [2.05, 4.69) is 10.3 Å². The lowest BCUT2D eigenvalue weighted by Crippen LogP contribution is -2.41. The number of aromatic nitrogens is 2. The number of hydrogen-bond acceptors (Lipinski definition) is 5. The number of amides is 2. The Kier molecular flexibility index (Phi) is 5.73. The van der Waals surface area contributed by atoms with Crippen molar-refractivity contribution in [2.75, 3.05) is 19.7 Å². The Morgan fingerprint density at radius 2 is 2.03 bits per heavy atom. The lowest BCUT2D eigenvalue weighted by molar-refractivity contribution is 0.0285. The quantitative estimate of drug-likeness (QED) is 0.850. The van der Waals surface area contributed by atoms with Crippen molar-refractivity contribution < 1.29 is 19.1 Å². The molecule has 0 aromatic carbocycles. The zero-order valence-corrected chi connectivity index (χ0v) is 18.0. The molecule has 1 N–H and O–H groups in total. The maximum absolute atomic E-state index is 13.1. The smallest absolute Gasteiger partial charge is 0.410 e. The Balaban J connectivity index is 1.76. The van der Waals surface area contributed by atoms with Gasteiger partial charge in [0.05, 0.1) is 18.3 Å². The number of imidazole rings is 1. The third-order valence-corrected chi connectivity index (χ3v) is 4.88. The fraction of sp³-hybridized carbons (Fsp3) is 0.571. The fourth-order valence-electron chi connectivity index (χ4n) is 3.56. The van der Waals surface area contributed by atoms with E-state index in [0.717, 1.165) is 0 Å². The summed E-state index contributed by atoms with van der Waals surface area (Å²) >= 11 is 0. The van der Waals surface area contributed by atoms with E-state index in [9.17, 15) is 9.59 Å². The predicted octanol–water partition coefficient (Wildman–Crippen LogP) is 3.03. The van der Waals surface area contributed by atoms with Gasteiger partial charge in [0, 0.05) is 19.3 Å². The van der Waals surface area contributed by atoms with Crippen molar-refractivity contribution in [3.05, 3.63) is 29.7 Å². The van der Waals surface area contributed by atoms with E-state index in [1.54, 1.807) is 15.5 Å². The highest BCUT2D eigenvalue weighted by atomic mass is 16.6. The van der Waals surface area contributed by atoms with Crippen LogP contribution >= 0.6 is 0 Å². The Hall–Kier alpha value is -2.77. The predicted molar refractivity (Wildman–Crippen MR) is 109 cm³/mol. The average molecular weight is 402 g/mol. The number of nitrogens with zero attached hydrogens (tertiary/aromatic N) is 3. The van der Waals surface area contributed by atoms with E-state index in [0.29, 0.717) is 42.5 Å². The van der Waals surface area contributed by atoms with Crippen molar-refractivity contribution in [2.24, 2.45) is 5.92 Å². The number of likely N-dealkylation sites (tertiary alicyclic amines) is 1. The van der Waals surface area contributed by atoms with E-state index in [1.807, 2.05) is 53.7 Å². The van der Waals surface area contributed by atoms with Gasteiger partial charge in [-0.2, -0.15) is 0 Å². The van der Waals surface area contributed by atoms with Crippen LogP contribution in [-0.2, 0) is 4.74 Å². The minimum Gasteiger partial charge on any atom is -0.490 e. The Morgan fingerprint density at radius 1 is 1.31 bits per heavy atom. The van der Waals surface area contributed by atoms with Crippen LogP contribution in [0.4, 0.5) is 4.79 Å². The second-order valence-electron chi connectivity index (χ2n) is 8.49. The molecule has 1 aliphatic rings. The van der Waals surface area contributed by atoms with Gasteiger partial charge in [0.25, 0.3) is 5.91 Å². The summed E-state index contributed by atoms with van der Waals surface area (Å²) in [5, 5.41) is 3.07. The zero-order chi connectivity index (χ0) is 21.3. The van der Waals surface area contributed by atoms with E-state index in [1.165, 1.54) is 0 Å². The van der Waals surface area contributed by atoms with Crippen molar-refractivity contribution in [3.8, 4) is 5.75 Å². The minimum atomic E-state index is -0.548. The maximum Gasteiger partial charge on any atom is 0.410 e. The summed E-state index contributed by atoms with van der Waals surface area (Å²) in [6, 6.07) is 3.51. The van der Waals surface area contributed by atoms with Crippen LogP contribution in [-0.4, -0.2) is 57.6 Å². The summed E-state index contributed by atoms with van der Waals surface area (Å²) in [6.45, 7) is 12.7. The molecule has 2 amide bonds. The molecule has 2 atom stereocenters. The summed E-state index contributed by atoms with van der Waals surface area (Å²) in [5.41, 5.74) is 1.17. The van der Waals surface area contributed by atoms with E-state index in [-0.39, 0.29) is 24.0 Å². The van der Waals surface area contributed by atoms with Gasteiger partial charge >= 0.3 is 6.09 Å². The molecule has 158 valence electrons. The molecule has 0 aliphatic carbocycles. The van der Waals surface area contributed by atoms with Gasteiger partial charge in [-0.3, -0.25) is 9.20 Å². The third-order valence-electron chi connectivity index (χ3n) is 4.88. The van der Waals surface area contributed by atoms with E-state index >= 15 is 0 Å². The molecule has 0 bridgehead atoms.